The maximum absolute atomic E-state index is 13.9. The standard InChI is InChI=1S/C25H22ClF3N4O7S/c1-11(34)37-10-19-23(38-12(2)35)22(33-9-18(31-32-33)14-6-16(27)21(29)17(28)7-14)24(39-13(3)36)25(40-19)41-20-8-15(26)4-5-30-20/h4-9,19,22-25H,10H2,1-3H3. The minimum Gasteiger partial charge on any atom is -0.463 e. The number of hydrogen-bond acceptors (Lipinski definition) is 11. The first-order chi connectivity index (χ1) is 19.4. The summed E-state index contributed by atoms with van der Waals surface area (Å²) in [7, 11) is 0. The number of pyridine rings is 1. The summed E-state index contributed by atoms with van der Waals surface area (Å²) in [4.78, 5) is 40.2. The predicted octanol–water partition coefficient (Wildman–Crippen LogP) is 3.90. The van der Waals surface area contributed by atoms with Gasteiger partial charge in [-0.3, -0.25) is 14.4 Å². The van der Waals surface area contributed by atoms with Gasteiger partial charge in [-0.1, -0.05) is 28.6 Å². The molecule has 1 aromatic carbocycles. The van der Waals surface area contributed by atoms with Crippen molar-refractivity contribution < 1.29 is 46.5 Å². The van der Waals surface area contributed by atoms with Crippen molar-refractivity contribution in [3.05, 3.63) is 59.1 Å². The fraction of sp³-hybridized carbons (Fsp3) is 0.360. The normalized spacial score (nSPS) is 22.2. The molecule has 1 aliphatic heterocycles. The van der Waals surface area contributed by atoms with E-state index in [1.54, 1.807) is 12.1 Å². The second-order valence-electron chi connectivity index (χ2n) is 8.75. The molecule has 5 unspecified atom stereocenters. The first kappa shape index (κ1) is 30.3. The number of halogens is 4. The lowest BCUT2D eigenvalue weighted by molar-refractivity contribution is -0.212. The Morgan fingerprint density at radius 3 is 2.29 bits per heavy atom. The third kappa shape index (κ3) is 7.34. The zero-order valence-corrected chi connectivity index (χ0v) is 23.2. The molecule has 41 heavy (non-hydrogen) atoms. The van der Waals surface area contributed by atoms with Gasteiger partial charge in [-0.25, -0.2) is 22.8 Å². The molecule has 0 radical (unpaired) electrons. The van der Waals surface area contributed by atoms with Crippen molar-refractivity contribution in [2.75, 3.05) is 6.61 Å². The van der Waals surface area contributed by atoms with Crippen LogP contribution in [-0.2, 0) is 33.3 Å². The molecule has 16 heteroatoms. The molecule has 3 heterocycles. The Kier molecular flexibility index (Phi) is 9.50. The highest BCUT2D eigenvalue weighted by atomic mass is 35.5. The Balaban J connectivity index is 1.82. The predicted molar refractivity (Wildman–Crippen MR) is 136 cm³/mol. The van der Waals surface area contributed by atoms with Crippen LogP contribution < -0.4 is 0 Å². The number of nitrogens with zero attached hydrogens (tertiary/aromatic N) is 4. The molecule has 3 aromatic rings. The molecule has 0 aliphatic carbocycles. The summed E-state index contributed by atoms with van der Waals surface area (Å²) < 4.78 is 65.0. The number of thioether (sulfide) groups is 1. The van der Waals surface area contributed by atoms with Crippen LogP contribution >= 0.6 is 23.4 Å². The molecule has 11 nitrogen and oxygen atoms in total. The molecule has 0 bridgehead atoms. The van der Waals surface area contributed by atoms with Gasteiger partial charge in [0.15, 0.2) is 29.7 Å². The van der Waals surface area contributed by atoms with Gasteiger partial charge in [-0.15, -0.1) is 5.10 Å². The zero-order chi connectivity index (χ0) is 29.8. The van der Waals surface area contributed by atoms with Crippen molar-refractivity contribution in [3.8, 4) is 11.3 Å². The lowest BCUT2D eigenvalue weighted by atomic mass is 9.96. The van der Waals surface area contributed by atoms with E-state index < -0.39 is 65.1 Å². The van der Waals surface area contributed by atoms with Gasteiger partial charge in [0, 0.05) is 37.6 Å². The molecule has 5 atom stereocenters. The third-order valence-electron chi connectivity index (χ3n) is 5.70. The number of carbonyl (C=O) groups is 3. The number of benzene rings is 1. The van der Waals surface area contributed by atoms with Crippen molar-refractivity contribution in [2.24, 2.45) is 0 Å². The van der Waals surface area contributed by atoms with E-state index in [0.717, 1.165) is 42.4 Å². The molecule has 0 N–H and O–H groups in total. The van der Waals surface area contributed by atoms with Crippen LogP contribution in [0.2, 0.25) is 5.02 Å². The van der Waals surface area contributed by atoms with Crippen LogP contribution in [0.5, 0.6) is 0 Å². The van der Waals surface area contributed by atoms with E-state index >= 15 is 0 Å². The fourth-order valence-electron chi connectivity index (χ4n) is 4.11. The van der Waals surface area contributed by atoms with Crippen molar-refractivity contribution in [3.63, 3.8) is 0 Å². The van der Waals surface area contributed by atoms with Crippen molar-refractivity contribution in [1.29, 1.82) is 0 Å². The van der Waals surface area contributed by atoms with E-state index in [1.165, 1.54) is 19.3 Å². The van der Waals surface area contributed by atoms with E-state index in [2.05, 4.69) is 15.3 Å². The second kappa shape index (κ2) is 12.9. The average molecular weight is 615 g/mol. The summed E-state index contributed by atoms with van der Waals surface area (Å²) in [6.45, 7) is 3.09. The number of rotatable bonds is 8. The van der Waals surface area contributed by atoms with Crippen LogP contribution in [0.3, 0.4) is 0 Å². The maximum atomic E-state index is 13.9. The fourth-order valence-corrected chi connectivity index (χ4v) is 5.43. The van der Waals surface area contributed by atoms with Crippen LogP contribution in [0.15, 0.2) is 41.7 Å². The van der Waals surface area contributed by atoms with E-state index in [4.69, 9.17) is 30.5 Å². The molecule has 1 aliphatic rings. The second-order valence-corrected chi connectivity index (χ2v) is 10.3. The van der Waals surface area contributed by atoms with Gasteiger partial charge in [0.1, 0.15) is 34.9 Å². The van der Waals surface area contributed by atoms with Gasteiger partial charge < -0.3 is 18.9 Å². The minimum atomic E-state index is -1.65. The summed E-state index contributed by atoms with van der Waals surface area (Å²) in [6, 6.07) is 3.40. The van der Waals surface area contributed by atoms with Gasteiger partial charge >= 0.3 is 17.9 Å². The first-order valence-corrected chi connectivity index (χ1v) is 13.2. The van der Waals surface area contributed by atoms with Crippen LogP contribution in [0.25, 0.3) is 11.3 Å². The van der Waals surface area contributed by atoms with Gasteiger partial charge in [0.2, 0.25) is 0 Å². The largest absolute Gasteiger partial charge is 0.463 e. The Hall–Kier alpha value is -3.69. The van der Waals surface area contributed by atoms with E-state index in [0.29, 0.717) is 10.0 Å². The van der Waals surface area contributed by atoms with Crippen LogP contribution in [0, 0.1) is 17.5 Å². The van der Waals surface area contributed by atoms with Crippen molar-refractivity contribution in [2.45, 2.75) is 55.6 Å². The highest BCUT2D eigenvalue weighted by Crippen LogP contribution is 2.41. The average Bonchev–Trinajstić information content (AvgIpc) is 3.37. The summed E-state index contributed by atoms with van der Waals surface area (Å²) >= 11 is 7.12. The summed E-state index contributed by atoms with van der Waals surface area (Å²) in [5, 5.41) is 8.72. The number of hydrogen-bond donors (Lipinski definition) is 0. The van der Waals surface area contributed by atoms with Gasteiger partial charge in [-0.2, -0.15) is 0 Å². The monoisotopic (exact) mass is 614 g/mol. The number of aromatic nitrogens is 4. The van der Waals surface area contributed by atoms with Crippen LogP contribution in [0.4, 0.5) is 13.2 Å². The van der Waals surface area contributed by atoms with Crippen LogP contribution in [-0.4, -0.2) is 68.2 Å². The Morgan fingerprint density at radius 1 is 1.02 bits per heavy atom. The zero-order valence-electron chi connectivity index (χ0n) is 21.6. The first-order valence-electron chi connectivity index (χ1n) is 11.9. The SMILES string of the molecule is CC(=O)OCC1OC(Sc2cc(Cl)ccn2)C(OC(C)=O)C(n2cc(-c3cc(F)c(F)c(F)c3)nn2)C1OC(C)=O. The molecule has 4 rings (SSSR count). The Bertz CT molecular complexity index is 1440. The van der Waals surface area contributed by atoms with Crippen molar-refractivity contribution in [1.82, 2.24) is 20.0 Å². The molecular weight excluding hydrogens is 593 g/mol. The van der Waals surface area contributed by atoms with E-state index in [1.807, 2.05) is 0 Å². The van der Waals surface area contributed by atoms with Crippen molar-refractivity contribution >= 4 is 41.3 Å². The third-order valence-corrected chi connectivity index (χ3v) is 7.01. The molecule has 0 spiro atoms. The lowest BCUT2D eigenvalue weighted by Gasteiger charge is -2.44. The Morgan fingerprint density at radius 2 is 1.68 bits per heavy atom. The number of ether oxygens (including phenoxy) is 4. The number of esters is 3. The molecule has 1 fully saturated rings. The van der Waals surface area contributed by atoms with Gasteiger partial charge in [0.05, 0.1) is 6.20 Å². The summed E-state index contributed by atoms with van der Waals surface area (Å²) in [5.41, 5.74) is -1.26. The van der Waals surface area contributed by atoms with Gasteiger partial charge in [-0.05, 0) is 24.3 Å². The molecule has 0 saturated carbocycles. The molecule has 1 saturated heterocycles. The highest BCUT2D eigenvalue weighted by Gasteiger charge is 2.52. The Labute approximate surface area is 240 Å². The smallest absolute Gasteiger partial charge is 0.303 e. The highest BCUT2D eigenvalue weighted by molar-refractivity contribution is 7.99. The quantitative estimate of drug-likeness (QED) is 0.208. The topological polar surface area (TPSA) is 132 Å². The molecule has 0 amide bonds. The summed E-state index contributed by atoms with van der Waals surface area (Å²) in [6.07, 6.45) is -0.903. The lowest BCUT2D eigenvalue weighted by Crippen LogP contribution is -2.57. The maximum Gasteiger partial charge on any atom is 0.303 e. The van der Waals surface area contributed by atoms with E-state index in [-0.39, 0.29) is 17.9 Å². The molecular formula is C25H22ClF3N4O7S. The molecule has 2 aromatic heterocycles. The van der Waals surface area contributed by atoms with Gasteiger partial charge in [0.25, 0.3) is 0 Å². The molecule has 218 valence electrons. The number of carbonyl (C=O) groups excluding carboxylic acids is 3. The van der Waals surface area contributed by atoms with Crippen LogP contribution in [0.1, 0.15) is 26.8 Å². The summed E-state index contributed by atoms with van der Waals surface area (Å²) in [5.74, 6) is -6.65. The van der Waals surface area contributed by atoms with E-state index in [9.17, 15) is 27.6 Å². The minimum absolute atomic E-state index is 0.0744.